The van der Waals surface area contributed by atoms with Gasteiger partial charge in [-0.15, -0.1) is 0 Å². The van der Waals surface area contributed by atoms with Crippen molar-refractivity contribution < 1.29 is 0 Å². The van der Waals surface area contributed by atoms with Gasteiger partial charge in [0.05, 0.1) is 0 Å². The Hall–Kier alpha value is -1.83. The van der Waals surface area contributed by atoms with E-state index in [9.17, 15) is 0 Å². The van der Waals surface area contributed by atoms with Crippen molar-refractivity contribution >= 4 is 5.82 Å². The van der Waals surface area contributed by atoms with Crippen LogP contribution in [0.1, 0.15) is 18.4 Å². The molecule has 1 aromatic heterocycles. The highest BCUT2D eigenvalue weighted by Gasteiger charge is 2.04. The van der Waals surface area contributed by atoms with Gasteiger partial charge in [-0.05, 0) is 23.6 Å². The molecule has 1 N–H and O–H groups in total. The van der Waals surface area contributed by atoms with Crippen LogP contribution in [0.25, 0.3) is 0 Å². The van der Waals surface area contributed by atoms with E-state index in [1.165, 1.54) is 5.56 Å². The van der Waals surface area contributed by atoms with Crippen LogP contribution in [0.15, 0.2) is 48.7 Å². The van der Waals surface area contributed by atoms with Crippen molar-refractivity contribution in [2.24, 2.45) is 0 Å². The number of benzene rings is 1. The van der Waals surface area contributed by atoms with Gasteiger partial charge in [-0.2, -0.15) is 0 Å². The molecule has 81 valence electrons. The molecule has 2 rings (SSSR count). The van der Waals surface area contributed by atoms with E-state index in [2.05, 4.69) is 47.6 Å². The van der Waals surface area contributed by atoms with E-state index in [1.54, 1.807) is 6.20 Å². The molecule has 0 amide bonds. The fourth-order valence-electron chi connectivity index (χ4n) is 1.58. The minimum atomic E-state index is 0.479. The summed E-state index contributed by atoms with van der Waals surface area (Å²) < 4.78 is 0. The molecule has 1 atom stereocenters. The molecule has 0 aliphatic carbocycles. The number of rotatable bonds is 4. The number of hydrogen-bond acceptors (Lipinski definition) is 2. The largest absolute Gasteiger partial charge is 0.369 e. The maximum absolute atomic E-state index is 4.18. The molecular formula is C14H15N2. The fraction of sp³-hybridized carbons (Fsp3) is 0.214. The molecule has 0 spiro atoms. The number of nitrogens with one attached hydrogen (secondary N) is 1. The van der Waals surface area contributed by atoms with Gasteiger partial charge in [0.2, 0.25) is 0 Å². The maximum Gasteiger partial charge on any atom is 0.125 e. The minimum Gasteiger partial charge on any atom is -0.369 e. The van der Waals surface area contributed by atoms with Crippen molar-refractivity contribution in [1.29, 1.82) is 0 Å². The summed E-state index contributed by atoms with van der Waals surface area (Å²) in [6.07, 6.45) is 1.68. The summed E-state index contributed by atoms with van der Waals surface area (Å²) in [6.45, 7) is 3.10. The second kappa shape index (κ2) is 5.31. The van der Waals surface area contributed by atoms with E-state index >= 15 is 0 Å². The van der Waals surface area contributed by atoms with E-state index in [1.807, 2.05) is 18.2 Å². The predicted molar refractivity (Wildman–Crippen MR) is 66.4 cm³/mol. The smallest absolute Gasteiger partial charge is 0.125 e. The molecule has 0 fully saturated rings. The molecule has 16 heavy (non-hydrogen) atoms. The Bertz CT molecular complexity index is 411. The molecule has 0 aliphatic rings. The highest BCUT2D eigenvalue weighted by atomic mass is 15.0. The lowest BCUT2D eigenvalue weighted by molar-refractivity contribution is 0.801. The first-order chi connectivity index (χ1) is 7.86. The van der Waals surface area contributed by atoms with E-state index in [0.717, 1.165) is 12.4 Å². The summed E-state index contributed by atoms with van der Waals surface area (Å²) in [6, 6.07) is 17.2. The van der Waals surface area contributed by atoms with Gasteiger partial charge in [0.25, 0.3) is 0 Å². The van der Waals surface area contributed by atoms with Gasteiger partial charge in [0.1, 0.15) is 5.82 Å². The first kappa shape index (κ1) is 10.7. The van der Waals surface area contributed by atoms with Gasteiger partial charge in [-0.25, -0.2) is 4.98 Å². The molecule has 2 aromatic rings. The van der Waals surface area contributed by atoms with Crippen LogP contribution in [0.2, 0.25) is 0 Å². The fourth-order valence-corrected chi connectivity index (χ4v) is 1.58. The number of aromatic nitrogens is 1. The highest BCUT2D eigenvalue weighted by Crippen LogP contribution is 2.14. The summed E-state index contributed by atoms with van der Waals surface area (Å²) >= 11 is 0. The van der Waals surface area contributed by atoms with Crippen LogP contribution in [0, 0.1) is 6.07 Å². The van der Waals surface area contributed by atoms with Crippen LogP contribution in [0.3, 0.4) is 0 Å². The van der Waals surface area contributed by atoms with Gasteiger partial charge < -0.3 is 5.32 Å². The normalized spacial score (nSPS) is 12.1. The number of anilines is 1. The zero-order valence-electron chi connectivity index (χ0n) is 9.35. The molecule has 0 bridgehead atoms. The predicted octanol–water partition coefficient (Wildman–Crippen LogP) is 3.10. The van der Waals surface area contributed by atoms with Crippen molar-refractivity contribution in [2.45, 2.75) is 12.8 Å². The number of hydrogen-bond donors (Lipinski definition) is 1. The second-order valence-electron chi connectivity index (χ2n) is 3.84. The van der Waals surface area contributed by atoms with Gasteiger partial charge in [0, 0.05) is 18.8 Å². The Morgan fingerprint density at radius 2 is 2.06 bits per heavy atom. The van der Waals surface area contributed by atoms with Gasteiger partial charge in [-0.3, -0.25) is 0 Å². The highest BCUT2D eigenvalue weighted by molar-refractivity contribution is 5.34. The average molecular weight is 211 g/mol. The van der Waals surface area contributed by atoms with Crippen LogP contribution < -0.4 is 5.32 Å². The zero-order chi connectivity index (χ0) is 11.2. The molecule has 0 saturated heterocycles. The van der Waals surface area contributed by atoms with Gasteiger partial charge >= 0.3 is 0 Å². The summed E-state index contributed by atoms with van der Waals surface area (Å²) in [5.74, 6) is 1.38. The van der Waals surface area contributed by atoms with Gasteiger partial charge in [0.15, 0.2) is 0 Å². The second-order valence-corrected chi connectivity index (χ2v) is 3.84. The van der Waals surface area contributed by atoms with E-state index in [4.69, 9.17) is 0 Å². The van der Waals surface area contributed by atoms with Crippen LogP contribution in [-0.2, 0) is 0 Å². The third kappa shape index (κ3) is 2.83. The Balaban J connectivity index is 1.92. The Morgan fingerprint density at radius 1 is 1.25 bits per heavy atom. The van der Waals surface area contributed by atoms with E-state index < -0.39 is 0 Å². The zero-order valence-corrected chi connectivity index (χ0v) is 9.35. The Kier molecular flexibility index (Phi) is 3.54. The summed E-state index contributed by atoms with van der Waals surface area (Å²) in [5, 5.41) is 3.31. The van der Waals surface area contributed by atoms with Crippen molar-refractivity contribution in [3.63, 3.8) is 0 Å². The number of nitrogens with zero attached hydrogens (tertiary/aromatic N) is 1. The minimum absolute atomic E-state index is 0.479. The molecule has 1 radical (unpaired) electrons. The lowest BCUT2D eigenvalue weighted by Gasteiger charge is -2.13. The molecule has 2 nitrogen and oxygen atoms in total. The molecule has 0 aliphatic heterocycles. The molecule has 2 heteroatoms. The maximum atomic E-state index is 4.18. The van der Waals surface area contributed by atoms with Crippen LogP contribution in [0.5, 0.6) is 0 Å². The lowest BCUT2D eigenvalue weighted by atomic mass is 10.0. The average Bonchev–Trinajstić information content (AvgIpc) is 2.38. The summed E-state index contributed by atoms with van der Waals surface area (Å²) in [5.41, 5.74) is 1.34. The van der Waals surface area contributed by atoms with Crippen molar-refractivity contribution in [3.8, 4) is 0 Å². The molecular weight excluding hydrogens is 196 g/mol. The van der Waals surface area contributed by atoms with Crippen molar-refractivity contribution in [3.05, 3.63) is 60.3 Å². The van der Waals surface area contributed by atoms with Crippen LogP contribution in [-0.4, -0.2) is 11.5 Å². The van der Waals surface area contributed by atoms with E-state index in [0.29, 0.717) is 5.92 Å². The quantitative estimate of drug-likeness (QED) is 0.840. The SMILES string of the molecule is CC(CNc1cc[c]cn1)c1ccccc1. The summed E-state index contributed by atoms with van der Waals surface area (Å²) in [7, 11) is 0. The van der Waals surface area contributed by atoms with Crippen LogP contribution in [0.4, 0.5) is 5.82 Å². The molecule has 0 saturated carbocycles. The molecule has 1 aromatic carbocycles. The Labute approximate surface area is 96.4 Å². The first-order valence-corrected chi connectivity index (χ1v) is 5.47. The summed E-state index contributed by atoms with van der Waals surface area (Å²) in [4.78, 5) is 4.18. The topological polar surface area (TPSA) is 24.9 Å². The van der Waals surface area contributed by atoms with E-state index in [-0.39, 0.29) is 0 Å². The monoisotopic (exact) mass is 211 g/mol. The van der Waals surface area contributed by atoms with Crippen molar-refractivity contribution in [1.82, 2.24) is 4.98 Å². The lowest BCUT2D eigenvalue weighted by Crippen LogP contribution is -2.10. The standard InChI is InChI=1S/C14H15N2/c1-12(13-7-3-2-4-8-13)11-16-14-9-5-6-10-15-14/h2-5,7-10,12H,11H2,1H3,(H,15,16). The third-order valence-electron chi connectivity index (χ3n) is 2.57. The number of pyridine rings is 1. The molecule has 1 heterocycles. The first-order valence-electron chi connectivity index (χ1n) is 5.47. The van der Waals surface area contributed by atoms with Gasteiger partial charge in [-0.1, -0.05) is 37.3 Å². The Morgan fingerprint density at radius 3 is 2.75 bits per heavy atom. The van der Waals surface area contributed by atoms with Crippen molar-refractivity contribution in [2.75, 3.05) is 11.9 Å². The van der Waals surface area contributed by atoms with Crippen LogP contribution >= 0.6 is 0 Å². The third-order valence-corrected chi connectivity index (χ3v) is 2.57. The molecule has 1 unspecified atom stereocenters.